The Morgan fingerprint density at radius 3 is 1.86 bits per heavy atom. The first-order chi connectivity index (χ1) is 10.1. The van der Waals surface area contributed by atoms with Gasteiger partial charge in [0.15, 0.2) is 7.14 Å². The van der Waals surface area contributed by atoms with Gasteiger partial charge in [0.1, 0.15) is 0 Å². The Kier molecular flexibility index (Phi) is 5.13. The van der Waals surface area contributed by atoms with Crippen molar-refractivity contribution in [3.63, 3.8) is 0 Å². The third-order valence-electron chi connectivity index (χ3n) is 3.36. The van der Waals surface area contributed by atoms with E-state index in [1.165, 1.54) is 0 Å². The Morgan fingerprint density at radius 1 is 1.05 bits per heavy atom. The van der Waals surface area contributed by atoms with Crippen molar-refractivity contribution in [1.29, 1.82) is 0 Å². The summed E-state index contributed by atoms with van der Waals surface area (Å²) in [5, 5.41) is 20.2. The summed E-state index contributed by atoms with van der Waals surface area (Å²) in [6, 6.07) is 18.4. The van der Waals surface area contributed by atoms with E-state index in [2.05, 4.69) is 0 Å². The van der Waals surface area contributed by atoms with E-state index in [0.29, 0.717) is 16.2 Å². The molecule has 0 aliphatic heterocycles. The van der Waals surface area contributed by atoms with Crippen molar-refractivity contribution in [3.05, 3.63) is 72.1 Å². The molecule has 0 heterocycles. The minimum atomic E-state index is -2.98. The van der Waals surface area contributed by atoms with Crippen LogP contribution in [0.1, 0.15) is 6.92 Å². The molecule has 0 fully saturated rings. The molecule has 0 spiro atoms. The first kappa shape index (κ1) is 15.7. The Labute approximate surface area is 125 Å². The molecule has 3 nitrogen and oxygen atoms in total. The summed E-state index contributed by atoms with van der Waals surface area (Å²) < 4.78 is 13.6. The average molecular weight is 302 g/mol. The van der Waals surface area contributed by atoms with Gasteiger partial charge in [-0.15, -0.1) is 0 Å². The quantitative estimate of drug-likeness (QED) is 0.833. The van der Waals surface area contributed by atoms with Gasteiger partial charge < -0.3 is 14.8 Å². The lowest BCUT2D eigenvalue weighted by Gasteiger charge is -2.18. The molecule has 0 radical (unpaired) electrons. The van der Waals surface area contributed by atoms with Crippen LogP contribution in [0.25, 0.3) is 0 Å². The van der Waals surface area contributed by atoms with E-state index in [9.17, 15) is 9.67 Å². The molecule has 110 valence electrons. The molecule has 0 aliphatic rings. The SMILES string of the molecule is C/C(=C/P(=O)(c1ccccc1)c1ccccc1)[C@@H](O)CO. The summed E-state index contributed by atoms with van der Waals surface area (Å²) in [6.45, 7) is 1.30. The maximum atomic E-state index is 13.6. The second kappa shape index (κ2) is 6.86. The van der Waals surface area contributed by atoms with Crippen LogP contribution in [0.3, 0.4) is 0 Å². The molecule has 0 aromatic heterocycles. The first-order valence-corrected chi connectivity index (χ1v) is 8.55. The predicted octanol–water partition coefficient (Wildman–Crippen LogP) is 2.26. The second-order valence-electron chi connectivity index (χ2n) is 4.90. The summed E-state index contributed by atoms with van der Waals surface area (Å²) in [5.41, 5.74) is 0.508. The summed E-state index contributed by atoms with van der Waals surface area (Å²) in [5.74, 6) is 1.60. The Bertz CT molecular complexity index is 607. The molecule has 0 bridgehead atoms. The highest BCUT2D eigenvalue weighted by atomic mass is 31.2. The van der Waals surface area contributed by atoms with Crippen LogP contribution in [0.2, 0.25) is 0 Å². The van der Waals surface area contributed by atoms with Gasteiger partial charge >= 0.3 is 0 Å². The Balaban J connectivity index is 2.59. The number of benzene rings is 2. The van der Waals surface area contributed by atoms with Crippen molar-refractivity contribution in [1.82, 2.24) is 0 Å². The van der Waals surface area contributed by atoms with Gasteiger partial charge in [0.2, 0.25) is 0 Å². The highest BCUT2D eigenvalue weighted by molar-refractivity contribution is 7.81. The second-order valence-corrected chi connectivity index (χ2v) is 7.51. The van der Waals surface area contributed by atoms with Gasteiger partial charge in [-0.2, -0.15) is 0 Å². The standard InChI is InChI=1S/C17H19O3P/c1-14(17(19)12-18)13-21(20,15-8-4-2-5-9-15)16-10-6-3-7-11-16/h2-11,13,17-19H,12H2,1H3/b14-13-/t17-/m0/s1. The number of aliphatic hydroxyl groups is 2. The van der Waals surface area contributed by atoms with Crippen molar-refractivity contribution < 1.29 is 14.8 Å². The number of hydrogen-bond donors (Lipinski definition) is 2. The van der Waals surface area contributed by atoms with E-state index in [4.69, 9.17) is 5.11 Å². The van der Waals surface area contributed by atoms with Gasteiger partial charge in [0.05, 0.1) is 12.7 Å². The van der Waals surface area contributed by atoms with Crippen LogP contribution in [0.15, 0.2) is 72.1 Å². The van der Waals surface area contributed by atoms with Crippen LogP contribution in [-0.2, 0) is 4.57 Å². The minimum absolute atomic E-state index is 0.383. The van der Waals surface area contributed by atoms with Crippen molar-refractivity contribution in [2.45, 2.75) is 13.0 Å². The van der Waals surface area contributed by atoms with Crippen molar-refractivity contribution >= 4 is 17.8 Å². The Morgan fingerprint density at radius 2 is 1.48 bits per heavy atom. The third-order valence-corrected chi connectivity index (χ3v) is 6.27. The van der Waals surface area contributed by atoms with Crippen LogP contribution >= 0.6 is 7.14 Å². The molecule has 2 aromatic rings. The van der Waals surface area contributed by atoms with Crippen LogP contribution in [0.4, 0.5) is 0 Å². The fourth-order valence-electron chi connectivity index (χ4n) is 2.11. The van der Waals surface area contributed by atoms with E-state index >= 15 is 0 Å². The molecule has 4 heteroatoms. The van der Waals surface area contributed by atoms with E-state index in [0.717, 1.165) is 0 Å². The zero-order valence-electron chi connectivity index (χ0n) is 11.9. The molecule has 0 saturated carbocycles. The molecule has 2 aromatic carbocycles. The number of rotatable bonds is 5. The molecule has 2 N–H and O–H groups in total. The smallest absolute Gasteiger partial charge is 0.164 e. The highest BCUT2D eigenvalue weighted by Gasteiger charge is 2.25. The molecule has 2 rings (SSSR count). The van der Waals surface area contributed by atoms with E-state index in [-0.39, 0.29) is 6.61 Å². The maximum Gasteiger partial charge on any atom is 0.164 e. The zero-order valence-corrected chi connectivity index (χ0v) is 12.8. The summed E-state index contributed by atoms with van der Waals surface area (Å²) in [6.07, 6.45) is -0.995. The molecular formula is C17H19O3P. The van der Waals surface area contributed by atoms with E-state index < -0.39 is 13.2 Å². The molecule has 0 amide bonds. The van der Waals surface area contributed by atoms with Gasteiger partial charge in [-0.1, -0.05) is 60.7 Å². The van der Waals surface area contributed by atoms with Crippen molar-refractivity contribution in [2.75, 3.05) is 6.61 Å². The lowest BCUT2D eigenvalue weighted by Crippen LogP contribution is -2.18. The van der Waals surface area contributed by atoms with Gasteiger partial charge in [0, 0.05) is 10.6 Å². The van der Waals surface area contributed by atoms with Crippen molar-refractivity contribution in [2.24, 2.45) is 0 Å². The molecule has 0 saturated heterocycles. The van der Waals surface area contributed by atoms with Crippen molar-refractivity contribution in [3.8, 4) is 0 Å². The zero-order chi connectivity index (χ0) is 15.3. The lowest BCUT2D eigenvalue weighted by atomic mass is 10.2. The highest BCUT2D eigenvalue weighted by Crippen LogP contribution is 2.46. The molecular weight excluding hydrogens is 283 g/mol. The van der Waals surface area contributed by atoms with Gasteiger partial charge in [0.25, 0.3) is 0 Å². The maximum absolute atomic E-state index is 13.6. The fraction of sp³-hybridized carbons (Fsp3) is 0.176. The van der Waals surface area contributed by atoms with Crippen LogP contribution < -0.4 is 10.6 Å². The molecule has 0 aliphatic carbocycles. The average Bonchev–Trinajstić information content (AvgIpc) is 2.55. The monoisotopic (exact) mass is 302 g/mol. The lowest BCUT2D eigenvalue weighted by molar-refractivity contribution is 0.122. The van der Waals surface area contributed by atoms with Gasteiger partial charge in [-0.05, 0) is 18.3 Å². The van der Waals surface area contributed by atoms with Crippen LogP contribution in [0, 0.1) is 0 Å². The molecule has 1 atom stereocenters. The largest absolute Gasteiger partial charge is 0.393 e. The topological polar surface area (TPSA) is 57.5 Å². The fourth-order valence-corrected chi connectivity index (χ4v) is 4.69. The Hall–Kier alpha value is -1.67. The first-order valence-electron chi connectivity index (χ1n) is 6.77. The van der Waals surface area contributed by atoms with Crippen LogP contribution in [-0.4, -0.2) is 22.9 Å². The predicted molar refractivity (Wildman–Crippen MR) is 86.6 cm³/mol. The normalized spacial score (nSPS) is 14.0. The number of aliphatic hydroxyl groups excluding tert-OH is 2. The minimum Gasteiger partial charge on any atom is -0.393 e. The summed E-state index contributed by atoms with van der Waals surface area (Å²) in [7, 11) is -2.98. The summed E-state index contributed by atoms with van der Waals surface area (Å²) >= 11 is 0. The van der Waals surface area contributed by atoms with Gasteiger partial charge in [-0.25, -0.2) is 0 Å². The van der Waals surface area contributed by atoms with Crippen LogP contribution in [0.5, 0.6) is 0 Å². The molecule has 0 unspecified atom stereocenters. The molecule has 21 heavy (non-hydrogen) atoms. The number of hydrogen-bond acceptors (Lipinski definition) is 3. The summed E-state index contributed by atoms with van der Waals surface area (Å²) in [4.78, 5) is 0. The van der Waals surface area contributed by atoms with Gasteiger partial charge in [-0.3, -0.25) is 0 Å². The third kappa shape index (κ3) is 3.51. The van der Waals surface area contributed by atoms with E-state index in [1.54, 1.807) is 12.7 Å². The van der Waals surface area contributed by atoms with E-state index in [1.807, 2.05) is 60.7 Å².